The minimum absolute atomic E-state index is 0.123. The maximum atomic E-state index is 12.6. The summed E-state index contributed by atoms with van der Waals surface area (Å²) in [5.41, 5.74) is -0.362. The molecule has 1 aromatic rings. The van der Waals surface area contributed by atoms with Gasteiger partial charge in [-0.15, -0.1) is 0 Å². The van der Waals surface area contributed by atoms with Crippen LogP contribution >= 0.6 is 0 Å². The van der Waals surface area contributed by atoms with Crippen molar-refractivity contribution in [2.75, 3.05) is 11.9 Å². The van der Waals surface area contributed by atoms with Gasteiger partial charge in [-0.25, -0.2) is 18.7 Å². The van der Waals surface area contributed by atoms with Crippen molar-refractivity contribution in [3.05, 3.63) is 18.0 Å². The first-order valence-electron chi connectivity index (χ1n) is 6.71. The Balaban J connectivity index is 1.74. The van der Waals surface area contributed by atoms with Crippen molar-refractivity contribution >= 4 is 5.95 Å². The van der Waals surface area contributed by atoms with E-state index in [9.17, 15) is 8.78 Å². The second-order valence-corrected chi connectivity index (χ2v) is 5.21. The summed E-state index contributed by atoms with van der Waals surface area (Å²) in [5, 5.41) is 3.19. The van der Waals surface area contributed by atoms with E-state index in [1.807, 2.05) is 0 Å². The molecule has 104 valence electrons. The summed E-state index contributed by atoms with van der Waals surface area (Å²) in [5.74, 6) is 0.277. The van der Waals surface area contributed by atoms with E-state index in [1.54, 1.807) is 0 Å². The van der Waals surface area contributed by atoms with Gasteiger partial charge in [0.1, 0.15) is 5.69 Å². The molecule has 0 amide bonds. The molecule has 4 nitrogen and oxygen atoms in total. The van der Waals surface area contributed by atoms with Gasteiger partial charge in [-0.1, -0.05) is 0 Å². The lowest BCUT2D eigenvalue weighted by Crippen LogP contribution is -2.56. The highest BCUT2D eigenvalue weighted by Crippen LogP contribution is 2.43. The lowest BCUT2D eigenvalue weighted by molar-refractivity contribution is -0.134. The maximum absolute atomic E-state index is 12.6. The molecule has 1 N–H and O–H groups in total. The SMILES string of the molecule is FC(F)c1ccnc(NC2CCCOC23CCC3)n1. The van der Waals surface area contributed by atoms with Crippen LogP contribution in [0.15, 0.2) is 12.3 Å². The quantitative estimate of drug-likeness (QED) is 0.916. The van der Waals surface area contributed by atoms with Crippen molar-refractivity contribution in [1.82, 2.24) is 9.97 Å². The Morgan fingerprint density at radius 2 is 2.21 bits per heavy atom. The molecule has 1 aliphatic heterocycles. The number of nitrogens with zero attached hydrogens (tertiary/aromatic N) is 2. The molecule has 6 heteroatoms. The molecule has 2 aliphatic rings. The van der Waals surface area contributed by atoms with Gasteiger partial charge in [-0.3, -0.25) is 0 Å². The van der Waals surface area contributed by atoms with Crippen LogP contribution in [0.25, 0.3) is 0 Å². The standard InChI is InChI=1S/C13H17F2N3O/c14-11(15)9-4-7-16-12(17-9)18-10-3-1-8-19-13(10)5-2-6-13/h4,7,10-11H,1-3,5-6,8H2,(H,16,17,18). The van der Waals surface area contributed by atoms with Crippen molar-refractivity contribution in [2.45, 2.75) is 50.2 Å². The molecule has 0 bridgehead atoms. The molecule has 2 heterocycles. The third-order valence-corrected chi connectivity index (χ3v) is 4.07. The molecule has 1 spiro atoms. The van der Waals surface area contributed by atoms with Gasteiger partial charge in [-0.2, -0.15) is 0 Å². The number of ether oxygens (including phenoxy) is 1. The first kappa shape index (κ1) is 12.7. The smallest absolute Gasteiger partial charge is 0.280 e. The van der Waals surface area contributed by atoms with Gasteiger partial charge in [0.25, 0.3) is 6.43 Å². The molecule has 0 radical (unpaired) electrons. The second-order valence-electron chi connectivity index (χ2n) is 5.21. The first-order valence-corrected chi connectivity index (χ1v) is 6.71. The molecule has 1 atom stereocenters. The van der Waals surface area contributed by atoms with Crippen LogP contribution in [0.5, 0.6) is 0 Å². The van der Waals surface area contributed by atoms with Crippen LogP contribution in [0.2, 0.25) is 0 Å². The summed E-state index contributed by atoms with van der Waals surface area (Å²) < 4.78 is 31.1. The van der Waals surface area contributed by atoms with Gasteiger partial charge in [0, 0.05) is 12.8 Å². The van der Waals surface area contributed by atoms with E-state index in [1.165, 1.54) is 12.3 Å². The van der Waals surface area contributed by atoms with Gasteiger partial charge in [0.15, 0.2) is 0 Å². The Morgan fingerprint density at radius 1 is 1.37 bits per heavy atom. The number of aromatic nitrogens is 2. The monoisotopic (exact) mass is 269 g/mol. The third-order valence-electron chi connectivity index (χ3n) is 4.07. The number of alkyl halides is 2. The third kappa shape index (κ3) is 2.41. The number of anilines is 1. The van der Waals surface area contributed by atoms with Crippen LogP contribution < -0.4 is 5.32 Å². The normalized spacial score (nSPS) is 25.3. The Hall–Kier alpha value is -1.30. The average Bonchev–Trinajstić information content (AvgIpc) is 2.38. The van der Waals surface area contributed by atoms with E-state index in [0.717, 1.165) is 38.7 Å². The summed E-state index contributed by atoms with van der Waals surface area (Å²) in [6.07, 6.45) is 3.97. The number of hydrogen-bond donors (Lipinski definition) is 1. The van der Waals surface area contributed by atoms with Crippen molar-refractivity contribution in [2.24, 2.45) is 0 Å². The van der Waals surface area contributed by atoms with Crippen molar-refractivity contribution < 1.29 is 13.5 Å². The summed E-state index contributed by atoms with van der Waals surface area (Å²) >= 11 is 0. The summed E-state index contributed by atoms with van der Waals surface area (Å²) in [7, 11) is 0. The molecular formula is C13H17F2N3O. The number of rotatable bonds is 3. The van der Waals surface area contributed by atoms with Crippen molar-refractivity contribution in [1.29, 1.82) is 0 Å². The summed E-state index contributed by atoms with van der Waals surface area (Å²) in [6, 6.07) is 1.37. The molecule has 0 aromatic carbocycles. The fraction of sp³-hybridized carbons (Fsp3) is 0.692. The maximum Gasteiger partial charge on any atom is 0.280 e. The molecule has 1 saturated carbocycles. The fourth-order valence-corrected chi connectivity index (χ4v) is 2.87. The summed E-state index contributed by atoms with van der Waals surface area (Å²) in [6.45, 7) is 0.788. The van der Waals surface area contributed by atoms with E-state index >= 15 is 0 Å². The van der Waals surface area contributed by atoms with Gasteiger partial charge in [0.2, 0.25) is 5.95 Å². The van der Waals surface area contributed by atoms with Gasteiger partial charge >= 0.3 is 0 Å². The molecule has 1 aliphatic carbocycles. The van der Waals surface area contributed by atoms with Crippen LogP contribution in [0.3, 0.4) is 0 Å². The molecule has 1 aromatic heterocycles. The van der Waals surface area contributed by atoms with E-state index in [4.69, 9.17) is 4.74 Å². The Morgan fingerprint density at radius 3 is 2.89 bits per heavy atom. The minimum Gasteiger partial charge on any atom is -0.373 e. The Kier molecular flexibility index (Phi) is 3.35. The highest BCUT2D eigenvalue weighted by atomic mass is 19.3. The number of hydrogen-bond acceptors (Lipinski definition) is 4. The molecule has 3 rings (SSSR count). The van der Waals surface area contributed by atoms with E-state index in [2.05, 4.69) is 15.3 Å². The topological polar surface area (TPSA) is 47.0 Å². The van der Waals surface area contributed by atoms with Crippen molar-refractivity contribution in [3.8, 4) is 0 Å². The number of nitrogens with one attached hydrogen (secondary N) is 1. The Labute approximate surface area is 110 Å². The van der Waals surface area contributed by atoms with Gasteiger partial charge in [-0.05, 0) is 38.2 Å². The zero-order valence-corrected chi connectivity index (χ0v) is 10.6. The van der Waals surface area contributed by atoms with Crippen LogP contribution in [0.1, 0.15) is 44.2 Å². The predicted octanol–water partition coefficient (Wildman–Crippen LogP) is 2.93. The van der Waals surface area contributed by atoms with Crippen LogP contribution in [-0.2, 0) is 4.74 Å². The van der Waals surface area contributed by atoms with Crippen LogP contribution in [-0.4, -0.2) is 28.2 Å². The number of halogens is 2. The van der Waals surface area contributed by atoms with E-state index in [0.29, 0.717) is 0 Å². The Bertz CT molecular complexity index is 451. The minimum atomic E-state index is -2.57. The molecule has 1 saturated heterocycles. The second kappa shape index (κ2) is 5.00. The highest BCUT2D eigenvalue weighted by Gasteiger charge is 2.47. The van der Waals surface area contributed by atoms with E-state index < -0.39 is 6.43 Å². The lowest BCUT2D eigenvalue weighted by Gasteiger charge is -2.50. The zero-order valence-electron chi connectivity index (χ0n) is 10.6. The van der Waals surface area contributed by atoms with Gasteiger partial charge < -0.3 is 10.1 Å². The van der Waals surface area contributed by atoms with Gasteiger partial charge in [0.05, 0.1) is 11.6 Å². The molecule has 1 unspecified atom stereocenters. The fourth-order valence-electron chi connectivity index (χ4n) is 2.87. The summed E-state index contributed by atoms with van der Waals surface area (Å²) in [4.78, 5) is 7.89. The predicted molar refractivity (Wildman–Crippen MR) is 66.2 cm³/mol. The highest BCUT2D eigenvalue weighted by molar-refractivity contribution is 5.30. The molecular weight excluding hydrogens is 252 g/mol. The van der Waals surface area contributed by atoms with E-state index in [-0.39, 0.29) is 23.3 Å². The van der Waals surface area contributed by atoms with Crippen molar-refractivity contribution in [3.63, 3.8) is 0 Å². The van der Waals surface area contributed by atoms with Crippen LogP contribution in [0.4, 0.5) is 14.7 Å². The largest absolute Gasteiger partial charge is 0.373 e. The van der Waals surface area contributed by atoms with Crippen LogP contribution in [0, 0.1) is 0 Å². The molecule has 19 heavy (non-hydrogen) atoms. The first-order chi connectivity index (χ1) is 9.20. The zero-order chi connectivity index (χ0) is 13.3. The average molecular weight is 269 g/mol. The lowest BCUT2D eigenvalue weighted by atomic mass is 9.72. The molecule has 2 fully saturated rings.